The highest BCUT2D eigenvalue weighted by Crippen LogP contribution is 2.19. The van der Waals surface area contributed by atoms with E-state index in [0.29, 0.717) is 18.2 Å². The maximum Gasteiger partial charge on any atom is 0.336 e. The first kappa shape index (κ1) is 14.0. The van der Waals surface area contributed by atoms with Crippen molar-refractivity contribution < 1.29 is 14.6 Å². The fourth-order valence-corrected chi connectivity index (χ4v) is 2.64. The van der Waals surface area contributed by atoms with Gasteiger partial charge in [-0.1, -0.05) is 25.1 Å². The number of carbonyl (C=O) groups is 1. The number of rotatable bonds is 5. The van der Waals surface area contributed by atoms with E-state index in [1.165, 1.54) is 0 Å². The van der Waals surface area contributed by atoms with Crippen molar-refractivity contribution >= 4 is 5.97 Å². The summed E-state index contributed by atoms with van der Waals surface area (Å²) >= 11 is 0. The Balaban J connectivity index is 2.11. The van der Waals surface area contributed by atoms with Crippen LogP contribution in [0.5, 0.6) is 0 Å². The van der Waals surface area contributed by atoms with E-state index in [0.717, 1.165) is 38.2 Å². The monoisotopic (exact) mass is 263 g/mol. The molecule has 1 aliphatic rings. The molecule has 1 aromatic rings. The van der Waals surface area contributed by atoms with Crippen molar-refractivity contribution in [1.82, 2.24) is 4.90 Å². The summed E-state index contributed by atoms with van der Waals surface area (Å²) in [5.74, 6) is -0.848. The quantitative estimate of drug-likeness (QED) is 0.886. The summed E-state index contributed by atoms with van der Waals surface area (Å²) in [6.07, 6.45) is 2.06. The summed E-state index contributed by atoms with van der Waals surface area (Å²) in [7, 11) is 0. The van der Waals surface area contributed by atoms with Gasteiger partial charge in [0.15, 0.2) is 0 Å². The van der Waals surface area contributed by atoms with Gasteiger partial charge in [-0.3, -0.25) is 4.90 Å². The molecule has 0 atom stereocenters. The van der Waals surface area contributed by atoms with Gasteiger partial charge >= 0.3 is 5.97 Å². The number of benzene rings is 1. The van der Waals surface area contributed by atoms with Gasteiger partial charge in [-0.25, -0.2) is 4.79 Å². The van der Waals surface area contributed by atoms with E-state index in [9.17, 15) is 9.90 Å². The number of ether oxygens (including phenoxy) is 1. The Bertz CT molecular complexity index is 427. The van der Waals surface area contributed by atoms with E-state index < -0.39 is 5.97 Å². The molecule has 1 saturated heterocycles. The molecule has 2 rings (SSSR count). The Labute approximate surface area is 114 Å². The van der Waals surface area contributed by atoms with Crippen molar-refractivity contribution in [3.8, 4) is 0 Å². The van der Waals surface area contributed by atoms with Crippen molar-refractivity contribution in [2.24, 2.45) is 0 Å². The molecule has 4 nitrogen and oxygen atoms in total. The summed E-state index contributed by atoms with van der Waals surface area (Å²) in [6.45, 7) is 5.37. The lowest BCUT2D eigenvalue weighted by Crippen LogP contribution is -2.39. The van der Waals surface area contributed by atoms with E-state index in [1.54, 1.807) is 12.1 Å². The molecule has 1 aliphatic heterocycles. The Morgan fingerprint density at radius 1 is 1.37 bits per heavy atom. The minimum Gasteiger partial charge on any atom is -0.478 e. The first-order valence-corrected chi connectivity index (χ1v) is 6.85. The summed E-state index contributed by atoms with van der Waals surface area (Å²) in [5, 5.41) is 9.22. The molecule has 19 heavy (non-hydrogen) atoms. The van der Waals surface area contributed by atoms with Gasteiger partial charge in [0.05, 0.1) is 5.56 Å². The van der Waals surface area contributed by atoms with Crippen LogP contribution in [0.15, 0.2) is 24.3 Å². The minimum atomic E-state index is -0.848. The second-order valence-electron chi connectivity index (χ2n) is 4.87. The molecule has 1 fully saturated rings. The second-order valence-corrected chi connectivity index (χ2v) is 4.87. The zero-order valence-corrected chi connectivity index (χ0v) is 11.3. The van der Waals surface area contributed by atoms with E-state index >= 15 is 0 Å². The molecule has 4 heteroatoms. The highest BCUT2D eigenvalue weighted by atomic mass is 16.5. The molecular weight excluding hydrogens is 242 g/mol. The van der Waals surface area contributed by atoms with Crippen LogP contribution < -0.4 is 0 Å². The third-order valence-corrected chi connectivity index (χ3v) is 3.73. The van der Waals surface area contributed by atoms with Crippen LogP contribution in [0.25, 0.3) is 0 Å². The van der Waals surface area contributed by atoms with Crippen molar-refractivity contribution in [3.05, 3.63) is 35.4 Å². The number of nitrogens with zero attached hydrogens (tertiary/aromatic N) is 1. The van der Waals surface area contributed by atoms with Crippen LogP contribution in [0, 0.1) is 0 Å². The molecule has 0 unspecified atom stereocenters. The molecule has 0 saturated carbocycles. The maximum atomic E-state index is 11.2. The average Bonchev–Trinajstić information content (AvgIpc) is 2.46. The van der Waals surface area contributed by atoms with Crippen molar-refractivity contribution in [2.45, 2.75) is 32.4 Å². The number of hydrogen-bond donors (Lipinski definition) is 1. The SMILES string of the molecule is CCN(Cc1ccccc1C(=O)O)C1CCOCC1. The van der Waals surface area contributed by atoms with E-state index in [4.69, 9.17) is 4.74 Å². The fourth-order valence-electron chi connectivity index (χ4n) is 2.64. The minimum absolute atomic E-state index is 0.410. The van der Waals surface area contributed by atoms with Crippen molar-refractivity contribution in [3.63, 3.8) is 0 Å². The highest BCUT2D eigenvalue weighted by Gasteiger charge is 2.21. The highest BCUT2D eigenvalue weighted by molar-refractivity contribution is 5.89. The zero-order valence-electron chi connectivity index (χ0n) is 11.3. The Morgan fingerprint density at radius 3 is 2.68 bits per heavy atom. The molecule has 104 valence electrons. The second kappa shape index (κ2) is 6.68. The van der Waals surface area contributed by atoms with Crippen molar-refractivity contribution in [1.29, 1.82) is 0 Å². The smallest absolute Gasteiger partial charge is 0.336 e. The largest absolute Gasteiger partial charge is 0.478 e. The Kier molecular flexibility index (Phi) is 4.93. The fraction of sp³-hybridized carbons (Fsp3) is 0.533. The van der Waals surface area contributed by atoms with Gasteiger partial charge < -0.3 is 9.84 Å². The van der Waals surface area contributed by atoms with Crippen molar-refractivity contribution in [2.75, 3.05) is 19.8 Å². The van der Waals surface area contributed by atoms with E-state index in [1.807, 2.05) is 12.1 Å². The predicted octanol–water partition coefficient (Wildman–Crippen LogP) is 2.39. The molecular formula is C15H21NO3. The van der Waals surface area contributed by atoms with Gasteiger partial charge in [0.25, 0.3) is 0 Å². The topological polar surface area (TPSA) is 49.8 Å². The lowest BCUT2D eigenvalue weighted by molar-refractivity contribution is 0.0327. The van der Waals surface area contributed by atoms with Crippen LogP contribution in [0.3, 0.4) is 0 Å². The average molecular weight is 263 g/mol. The van der Waals surface area contributed by atoms with Crippen LogP contribution >= 0.6 is 0 Å². The van der Waals surface area contributed by atoms with Crippen LogP contribution in [-0.4, -0.2) is 41.8 Å². The lowest BCUT2D eigenvalue weighted by Gasteiger charge is -2.33. The van der Waals surface area contributed by atoms with Gasteiger partial charge in [0.2, 0.25) is 0 Å². The first-order chi connectivity index (χ1) is 9.22. The molecule has 0 spiro atoms. The number of carboxylic acids is 1. The van der Waals surface area contributed by atoms with Gasteiger partial charge in [0.1, 0.15) is 0 Å². The van der Waals surface area contributed by atoms with Crippen LogP contribution in [0.4, 0.5) is 0 Å². The van der Waals surface area contributed by atoms with Crippen LogP contribution in [-0.2, 0) is 11.3 Å². The number of aromatic carboxylic acids is 1. The van der Waals surface area contributed by atoms with Crippen LogP contribution in [0.1, 0.15) is 35.7 Å². The first-order valence-electron chi connectivity index (χ1n) is 6.85. The summed E-state index contributed by atoms with van der Waals surface area (Å²) in [6, 6.07) is 7.76. The van der Waals surface area contributed by atoms with Gasteiger partial charge in [-0.05, 0) is 31.0 Å². The molecule has 0 amide bonds. The Morgan fingerprint density at radius 2 is 2.05 bits per heavy atom. The molecule has 0 bridgehead atoms. The molecule has 1 aromatic carbocycles. The standard InChI is InChI=1S/C15H21NO3/c1-2-16(13-7-9-19-10-8-13)11-12-5-3-4-6-14(12)15(17)18/h3-6,13H,2,7-11H2,1H3,(H,17,18). The third-order valence-electron chi connectivity index (χ3n) is 3.73. The molecule has 0 aromatic heterocycles. The zero-order chi connectivity index (χ0) is 13.7. The molecule has 0 radical (unpaired) electrons. The molecule has 1 N–H and O–H groups in total. The van der Waals surface area contributed by atoms with Gasteiger partial charge in [-0.15, -0.1) is 0 Å². The maximum absolute atomic E-state index is 11.2. The van der Waals surface area contributed by atoms with E-state index in [-0.39, 0.29) is 0 Å². The summed E-state index contributed by atoms with van der Waals surface area (Å²) in [5.41, 5.74) is 1.30. The molecule has 1 heterocycles. The summed E-state index contributed by atoms with van der Waals surface area (Å²) < 4.78 is 5.39. The normalized spacial score (nSPS) is 16.7. The van der Waals surface area contributed by atoms with Gasteiger partial charge in [-0.2, -0.15) is 0 Å². The predicted molar refractivity (Wildman–Crippen MR) is 73.3 cm³/mol. The lowest BCUT2D eigenvalue weighted by atomic mass is 10.0. The van der Waals surface area contributed by atoms with E-state index in [2.05, 4.69) is 11.8 Å². The number of carboxylic acid groups (broad SMARTS) is 1. The van der Waals surface area contributed by atoms with Crippen LogP contribution in [0.2, 0.25) is 0 Å². The van der Waals surface area contributed by atoms with Gasteiger partial charge in [0, 0.05) is 25.8 Å². The number of hydrogen-bond acceptors (Lipinski definition) is 3. The third kappa shape index (κ3) is 3.55. The summed E-state index contributed by atoms with van der Waals surface area (Å²) in [4.78, 5) is 13.6. The molecule has 0 aliphatic carbocycles. The Hall–Kier alpha value is -1.39.